The van der Waals surface area contributed by atoms with E-state index in [0.717, 1.165) is 30.8 Å². The van der Waals surface area contributed by atoms with Crippen molar-refractivity contribution in [3.8, 4) is 11.5 Å². The fraction of sp³-hybridized carbons (Fsp3) is 0.316. The van der Waals surface area contributed by atoms with Crippen LogP contribution in [0.25, 0.3) is 11.5 Å². The van der Waals surface area contributed by atoms with Gasteiger partial charge in [0.05, 0.1) is 18.9 Å². The topological polar surface area (TPSA) is 93.6 Å². The lowest BCUT2D eigenvalue weighted by Gasteiger charge is -2.25. The Bertz CT molecular complexity index is 858. The van der Waals surface area contributed by atoms with E-state index in [0.29, 0.717) is 24.7 Å². The highest BCUT2D eigenvalue weighted by atomic mass is 16.5. The summed E-state index contributed by atoms with van der Waals surface area (Å²) in [6.07, 6.45) is 4.90. The molecule has 1 saturated heterocycles. The van der Waals surface area contributed by atoms with E-state index in [4.69, 9.17) is 13.6 Å². The summed E-state index contributed by atoms with van der Waals surface area (Å²) in [6.45, 7) is 1.63. The molecule has 1 aliphatic heterocycles. The lowest BCUT2D eigenvalue weighted by Crippen LogP contribution is -2.39. The number of rotatable bonds is 6. The van der Waals surface area contributed by atoms with E-state index in [1.54, 1.807) is 17.2 Å². The van der Waals surface area contributed by atoms with Crippen LogP contribution in [-0.4, -0.2) is 40.4 Å². The SMILES string of the molecule is O=C(Nc1cccc(-c2nnco2)c1)N(Cc1ccco1)CC1CCCO1. The van der Waals surface area contributed by atoms with Crippen LogP contribution in [-0.2, 0) is 11.3 Å². The Morgan fingerprint density at radius 3 is 2.96 bits per heavy atom. The average molecular weight is 368 g/mol. The van der Waals surface area contributed by atoms with Crippen molar-refractivity contribution in [2.45, 2.75) is 25.5 Å². The number of nitrogens with one attached hydrogen (secondary N) is 1. The van der Waals surface area contributed by atoms with Gasteiger partial charge in [0.15, 0.2) is 0 Å². The quantitative estimate of drug-likeness (QED) is 0.715. The van der Waals surface area contributed by atoms with Crippen LogP contribution in [0.1, 0.15) is 18.6 Å². The summed E-state index contributed by atoms with van der Waals surface area (Å²) >= 11 is 0. The summed E-state index contributed by atoms with van der Waals surface area (Å²) in [4.78, 5) is 14.6. The number of aromatic nitrogens is 2. The first kappa shape index (κ1) is 17.3. The molecule has 0 radical (unpaired) electrons. The molecule has 27 heavy (non-hydrogen) atoms. The average Bonchev–Trinajstić information content (AvgIpc) is 3.45. The Hall–Kier alpha value is -3.13. The zero-order valence-corrected chi connectivity index (χ0v) is 14.7. The molecule has 1 unspecified atom stereocenters. The van der Waals surface area contributed by atoms with Crippen LogP contribution in [0.3, 0.4) is 0 Å². The van der Waals surface area contributed by atoms with Gasteiger partial charge in [0.2, 0.25) is 12.3 Å². The van der Waals surface area contributed by atoms with Gasteiger partial charge in [-0.15, -0.1) is 10.2 Å². The fourth-order valence-corrected chi connectivity index (χ4v) is 3.08. The molecule has 1 atom stereocenters. The van der Waals surface area contributed by atoms with Crippen molar-refractivity contribution >= 4 is 11.7 Å². The lowest BCUT2D eigenvalue weighted by molar-refractivity contribution is 0.0803. The highest BCUT2D eigenvalue weighted by molar-refractivity contribution is 5.90. The molecule has 0 bridgehead atoms. The second-order valence-electron chi connectivity index (χ2n) is 6.35. The van der Waals surface area contributed by atoms with E-state index in [2.05, 4.69) is 15.5 Å². The van der Waals surface area contributed by atoms with Gasteiger partial charge in [0.1, 0.15) is 5.76 Å². The first-order valence-electron chi connectivity index (χ1n) is 8.84. The Labute approximate surface area is 156 Å². The van der Waals surface area contributed by atoms with Crippen LogP contribution in [0.2, 0.25) is 0 Å². The van der Waals surface area contributed by atoms with Crippen molar-refractivity contribution in [2.75, 3.05) is 18.5 Å². The molecule has 0 spiro atoms. The van der Waals surface area contributed by atoms with Crippen LogP contribution in [0.5, 0.6) is 0 Å². The van der Waals surface area contributed by atoms with E-state index >= 15 is 0 Å². The predicted molar refractivity (Wildman–Crippen MR) is 96.8 cm³/mol. The fourth-order valence-electron chi connectivity index (χ4n) is 3.08. The second kappa shape index (κ2) is 8.05. The molecular formula is C19H20N4O4. The predicted octanol–water partition coefficient (Wildman–Crippen LogP) is 3.54. The number of hydrogen-bond acceptors (Lipinski definition) is 6. The Balaban J connectivity index is 1.48. The number of urea groups is 1. The van der Waals surface area contributed by atoms with Crippen molar-refractivity contribution in [3.05, 3.63) is 54.8 Å². The number of ether oxygens (including phenoxy) is 1. The lowest BCUT2D eigenvalue weighted by atomic mass is 10.2. The van der Waals surface area contributed by atoms with Gasteiger partial charge in [-0.05, 0) is 43.2 Å². The molecule has 140 valence electrons. The normalized spacial score (nSPS) is 16.4. The monoisotopic (exact) mass is 368 g/mol. The van der Waals surface area contributed by atoms with Crippen LogP contribution in [0, 0.1) is 0 Å². The number of hydrogen-bond donors (Lipinski definition) is 1. The first-order valence-corrected chi connectivity index (χ1v) is 8.84. The van der Waals surface area contributed by atoms with Crippen molar-refractivity contribution in [1.29, 1.82) is 0 Å². The van der Waals surface area contributed by atoms with E-state index in [-0.39, 0.29) is 12.1 Å². The third-order valence-electron chi connectivity index (χ3n) is 4.38. The molecule has 1 fully saturated rings. The summed E-state index contributed by atoms with van der Waals surface area (Å²) in [6, 6.07) is 10.7. The maximum absolute atomic E-state index is 12.9. The van der Waals surface area contributed by atoms with E-state index in [1.807, 2.05) is 30.3 Å². The van der Waals surface area contributed by atoms with Crippen LogP contribution < -0.4 is 5.32 Å². The van der Waals surface area contributed by atoms with Gasteiger partial charge in [-0.25, -0.2) is 4.79 Å². The molecule has 2 amide bonds. The molecule has 8 heteroatoms. The minimum Gasteiger partial charge on any atom is -0.467 e. The number of nitrogens with zero attached hydrogens (tertiary/aromatic N) is 3. The van der Waals surface area contributed by atoms with E-state index < -0.39 is 0 Å². The van der Waals surface area contributed by atoms with Gasteiger partial charge < -0.3 is 23.8 Å². The number of anilines is 1. The van der Waals surface area contributed by atoms with Gasteiger partial charge in [0, 0.05) is 24.4 Å². The summed E-state index contributed by atoms with van der Waals surface area (Å²) < 4.78 is 16.3. The molecule has 1 aromatic carbocycles. The van der Waals surface area contributed by atoms with Crippen LogP contribution >= 0.6 is 0 Å². The minimum atomic E-state index is -0.218. The number of carbonyl (C=O) groups excluding carboxylic acids is 1. The highest BCUT2D eigenvalue weighted by Gasteiger charge is 2.23. The van der Waals surface area contributed by atoms with Crippen molar-refractivity contribution in [3.63, 3.8) is 0 Å². The van der Waals surface area contributed by atoms with Crippen molar-refractivity contribution in [2.24, 2.45) is 0 Å². The third kappa shape index (κ3) is 4.35. The molecule has 0 aliphatic carbocycles. The zero-order chi connectivity index (χ0) is 18.5. The summed E-state index contributed by atoms with van der Waals surface area (Å²) in [5.41, 5.74) is 1.38. The van der Waals surface area contributed by atoms with Gasteiger partial charge in [-0.1, -0.05) is 6.07 Å². The molecule has 8 nitrogen and oxygen atoms in total. The van der Waals surface area contributed by atoms with E-state index in [9.17, 15) is 4.79 Å². The van der Waals surface area contributed by atoms with Gasteiger partial charge in [-0.2, -0.15) is 0 Å². The standard InChI is InChI=1S/C19H20N4O4/c24-19(21-15-5-1-4-14(10-15)18-22-20-13-27-18)23(11-16-6-2-8-25-16)12-17-7-3-9-26-17/h1-2,4-6,8,10,13,17H,3,7,9,11-12H2,(H,21,24). The molecule has 3 heterocycles. The van der Waals surface area contributed by atoms with Gasteiger partial charge >= 0.3 is 6.03 Å². The number of furan rings is 1. The molecule has 2 aromatic heterocycles. The smallest absolute Gasteiger partial charge is 0.322 e. The molecule has 3 aromatic rings. The Morgan fingerprint density at radius 1 is 1.26 bits per heavy atom. The summed E-state index contributed by atoms with van der Waals surface area (Å²) in [5.74, 6) is 1.13. The molecule has 4 rings (SSSR count). The van der Waals surface area contributed by atoms with Gasteiger partial charge in [-0.3, -0.25) is 0 Å². The summed E-state index contributed by atoms with van der Waals surface area (Å²) in [5, 5.41) is 10.5. The maximum Gasteiger partial charge on any atom is 0.322 e. The molecular weight excluding hydrogens is 348 g/mol. The largest absolute Gasteiger partial charge is 0.467 e. The van der Waals surface area contributed by atoms with Crippen molar-refractivity contribution in [1.82, 2.24) is 15.1 Å². The number of carbonyl (C=O) groups is 1. The molecule has 1 N–H and O–H groups in total. The number of amides is 2. The minimum absolute atomic E-state index is 0.0513. The first-order chi connectivity index (χ1) is 13.3. The third-order valence-corrected chi connectivity index (χ3v) is 4.38. The molecule has 0 saturated carbocycles. The zero-order valence-electron chi connectivity index (χ0n) is 14.7. The highest BCUT2D eigenvalue weighted by Crippen LogP contribution is 2.21. The maximum atomic E-state index is 12.9. The van der Waals surface area contributed by atoms with Crippen molar-refractivity contribution < 1.29 is 18.4 Å². The Morgan fingerprint density at radius 2 is 2.22 bits per heavy atom. The van der Waals surface area contributed by atoms with Gasteiger partial charge in [0.25, 0.3) is 0 Å². The summed E-state index contributed by atoms with van der Waals surface area (Å²) in [7, 11) is 0. The van der Waals surface area contributed by atoms with Crippen LogP contribution in [0.4, 0.5) is 10.5 Å². The van der Waals surface area contributed by atoms with Crippen LogP contribution in [0.15, 0.2) is 57.9 Å². The number of benzene rings is 1. The van der Waals surface area contributed by atoms with E-state index in [1.165, 1.54) is 6.39 Å². The Kier molecular flexibility index (Phi) is 5.15. The second-order valence-corrected chi connectivity index (χ2v) is 6.35. The molecule has 1 aliphatic rings.